The van der Waals surface area contributed by atoms with E-state index in [1.54, 1.807) is 16.8 Å². The zero-order chi connectivity index (χ0) is 13.2. The van der Waals surface area contributed by atoms with E-state index in [1.807, 2.05) is 13.8 Å². The normalized spacial score (nSPS) is 23.6. The van der Waals surface area contributed by atoms with E-state index >= 15 is 0 Å². The summed E-state index contributed by atoms with van der Waals surface area (Å²) >= 11 is 0. The minimum absolute atomic E-state index is 0.00896. The highest BCUT2D eigenvalue weighted by atomic mass is 16.4. The minimum atomic E-state index is -0.824. The number of carbonyl (C=O) groups is 2. The number of carbonyl (C=O) groups excluding carboxylic acids is 1. The molecular weight excluding hydrogens is 220 g/mol. The average molecular weight is 240 g/mol. The van der Waals surface area contributed by atoms with Gasteiger partial charge in [-0.05, 0) is 12.8 Å². The Morgan fingerprint density at radius 3 is 2.47 bits per heavy atom. The maximum atomic E-state index is 12.0. The second kappa shape index (κ2) is 5.21. The predicted molar refractivity (Wildman–Crippen MR) is 64.7 cm³/mol. The third-order valence-electron chi connectivity index (χ3n) is 3.03. The van der Waals surface area contributed by atoms with Crippen molar-refractivity contribution >= 4 is 12.0 Å². The number of aliphatic carboxylic acids is 1. The van der Waals surface area contributed by atoms with Crippen LogP contribution in [0.25, 0.3) is 0 Å². The van der Waals surface area contributed by atoms with E-state index in [4.69, 9.17) is 5.11 Å². The molecule has 0 bridgehead atoms. The number of nitrogens with zero attached hydrogens (tertiary/aromatic N) is 2. The molecule has 1 heterocycles. The Balaban J connectivity index is 2.61. The number of hydrogen-bond acceptors (Lipinski definition) is 2. The van der Waals surface area contributed by atoms with Crippen molar-refractivity contribution in [3.8, 4) is 0 Å². The third-order valence-corrected chi connectivity index (χ3v) is 3.03. The van der Waals surface area contributed by atoms with Crippen molar-refractivity contribution in [1.29, 1.82) is 0 Å². The maximum Gasteiger partial charge on any atom is 0.320 e. The quantitative estimate of drug-likeness (QED) is 0.756. The topological polar surface area (TPSA) is 60.9 Å². The van der Waals surface area contributed by atoms with Gasteiger partial charge >= 0.3 is 12.0 Å². The summed E-state index contributed by atoms with van der Waals surface area (Å²) in [6.07, 6.45) is 0. The van der Waals surface area contributed by atoms with Gasteiger partial charge < -0.3 is 14.9 Å². The summed E-state index contributed by atoms with van der Waals surface area (Å²) in [7, 11) is 1.70. The number of amides is 2. The summed E-state index contributed by atoms with van der Waals surface area (Å²) in [5.41, 5.74) is 0.905. The number of likely N-dealkylation sites (N-methyl/N-ethyl adjacent to an activating group) is 1. The first-order valence-electron chi connectivity index (χ1n) is 5.70. The number of urea groups is 1. The number of carboxylic acid groups (broad SMARTS) is 1. The van der Waals surface area contributed by atoms with E-state index in [9.17, 15) is 9.59 Å². The zero-order valence-electron chi connectivity index (χ0n) is 10.6. The molecule has 0 aromatic carbocycles. The van der Waals surface area contributed by atoms with Crippen molar-refractivity contribution in [2.75, 3.05) is 26.7 Å². The van der Waals surface area contributed by atoms with Gasteiger partial charge in [0, 0.05) is 26.7 Å². The maximum absolute atomic E-state index is 12.0. The molecule has 1 rings (SSSR count). The first-order chi connectivity index (χ1) is 7.82. The summed E-state index contributed by atoms with van der Waals surface area (Å²) in [5, 5.41) is 9.00. The van der Waals surface area contributed by atoms with Crippen LogP contribution in [0, 0.1) is 11.8 Å². The molecule has 2 amide bonds. The van der Waals surface area contributed by atoms with E-state index in [1.165, 1.54) is 0 Å². The van der Waals surface area contributed by atoms with Gasteiger partial charge in [0.25, 0.3) is 0 Å². The van der Waals surface area contributed by atoms with Crippen LogP contribution in [0.3, 0.4) is 0 Å². The van der Waals surface area contributed by atoms with Crippen molar-refractivity contribution in [3.63, 3.8) is 0 Å². The van der Waals surface area contributed by atoms with E-state index in [0.29, 0.717) is 19.6 Å². The minimum Gasteiger partial charge on any atom is -0.481 e. The highest BCUT2D eigenvalue weighted by Gasteiger charge is 2.37. The van der Waals surface area contributed by atoms with Gasteiger partial charge in [0.15, 0.2) is 0 Å². The van der Waals surface area contributed by atoms with Gasteiger partial charge in [-0.3, -0.25) is 4.79 Å². The lowest BCUT2D eigenvalue weighted by atomic mass is 9.99. The number of hydrogen-bond donors (Lipinski definition) is 1. The summed E-state index contributed by atoms with van der Waals surface area (Å²) in [6, 6.07) is -0.122. The average Bonchev–Trinajstić information content (AvgIpc) is 2.58. The molecule has 17 heavy (non-hydrogen) atoms. The molecule has 0 aromatic heterocycles. The summed E-state index contributed by atoms with van der Waals surface area (Å²) in [6.45, 7) is 8.79. The Morgan fingerprint density at radius 2 is 2.06 bits per heavy atom. The molecule has 1 fully saturated rings. The number of likely N-dealkylation sites (tertiary alicyclic amines) is 1. The van der Waals surface area contributed by atoms with Crippen LogP contribution in [0.2, 0.25) is 0 Å². The smallest absolute Gasteiger partial charge is 0.320 e. The summed E-state index contributed by atoms with van der Waals surface area (Å²) in [4.78, 5) is 26.1. The van der Waals surface area contributed by atoms with Gasteiger partial charge in [0.05, 0.1) is 5.92 Å². The first-order valence-corrected chi connectivity index (χ1v) is 5.70. The molecule has 5 heteroatoms. The van der Waals surface area contributed by atoms with Crippen LogP contribution < -0.4 is 0 Å². The van der Waals surface area contributed by atoms with Crippen LogP contribution in [0.15, 0.2) is 12.2 Å². The Morgan fingerprint density at radius 1 is 1.47 bits per heavy atom. The van der Waals surface area contributed by atoms with Crippen LogP contribution in [0.1, 0.15) is 13.8 Å². The van der Waals surface area contributed by atoms with Gasteiger partial charge in [-0.2, -0.15) is 0 Å². The third kappa shape index (κ3) is 3.22. The van der Waals surface area contributed by atoms with Crippen molar-refractivity contribution in [1.82, 2.24) is 9.80 Å². The fourth-order valence-corrected chi connectivity index (χ4v) is 2.16. The predicted octanol–water partition coefficient (Wildman–Crippen LogP) is 1.27. The Kier molecular flexibility index (Phi) is 4.15. The molecule has 2 atom stereocenters. The fourth-order valence-electron chi connectivity index (χ4n) is 2.16. The molecule has 0 saturated carbocycles. The Bertz CT molecular complexity index is 341. The lowest BCUT2D eigenvalue weighted by Crippen LogP contribution is -2.40. The molecule has 2 unspecified atom stereocenters. The number of carboxylic acids is 1. The summed E-state index contributed by atoms with van der Waals surface area (Å²) < 4.78 is 0. The van der Waals surface area contributed by atoms with Crippen LogP contribution in [-0.4, -0.2) is 53.6 Å². The van der Waals surface area contributed by atoms with Gasteiger partial charge in [0.1, 0.15) is 0 Å². The SMILES string of the molecule is C=C(C)CN(C)C(=O)N1CC(C)C(C(=O)O)C1. The lowest BCUT2D eigenvalue weighted by molar-refractivity contribution is -0.142. The van der Waals surface area contributed by atoms with Crippen LogP contribution in [0.4, 0.5) is 4.79 Å². The van der Waals surface area contributed by atoms with E-state index in [2.05, 4.69) is 6.58 Å². The zero-order valence-corrected chi connectivity index (χ0v) is 10.6. The molecular formula is C12H20N2O3. The first kappa shape index (κ1) is 13.5. The van der Waals surface area contributed by atoms with E-state index < -0.39 is 11.9 Å². The molecule has 96 valence electrons. The van der Waals surface area contributed by atoms with Crippen molar-refractivity contribution in [2.24, 2.45) is 11.8 Å². The second-order valence-corrected chi connectivity index (χ2v) is 4.92. The van der Waals surface area contributed by atoms with Crippen LogP contribution in [0.5, 0.6) is 0 Å². The fraction of sp³-hybridized carbons (Fsp3) is 0.667. The van der Waals surface area contributed by atoms with Crippen molar-refractivity contribution in [3.05, 3.63) is 12.2 Å². The monoisotopic (exact) mass is 240 g/mol. The Labute approximate surface area is 102 Å². The lowest BCUT2D eigenvalue weighted by Gasteiger charge is -2.24. The van der Waals surface area contributed by atoms with Gasteiger partial charge in [-0.15, -0.1) is 0 Å². The standard InChI is InChI=1S/C12H20N2O3/c1-8(2)5-13(4)12(17)14-6-9(3)10(7-14)11(15)16/h9-10H,1,5-7H2,2-4H3,(H,15,16). The largest absolute Gasteiger partial charge is 0.481 e. The van der Waals surface area contributed by atoms with Crippen molar-refractivity contribution < 1.29 is 14.7 Å². The highest BCUT2D eigenvalue weighted by Crippen LogP contribution is 2.23. The molecule has 0 aliphatic carbocycles. The molecule has 0 aromatic rings. The van der Waals surface area contributed by atoms with E-state index in [0.717, 1.165) is 5.57 Å². The molecule has 5 nitrogen and oxygen atoms in total. The van der Waals surface area contributed by atoms with Crippen LogP contribution in [-0.2, 0) is 4.79 Å². The molecule has 0 spiro atoms. The molecule has 0 radical (unpaired) electrons. The van der Waals surface area contributed by atoms with Gasteiger partial charge in [-0.25, -0.2) is 4.79 Å². The van der Waals surface area contributed by atoms with Crippen molar-refractivity contribution in [2.45, 2.75) is 13.8 Å². The molecule has 1 saturated heterocycles. The number of rotatable bonds is 3. The molecule has 1 N–H and O–H groups in total. The summed E-state index contributed by atoms with van der Waals surface area (Å²) in [5.74, 6) is -1.26. The van der Waals surface area contributed by atoms with Gasteiger partial charge in [-0.1, -0.05) is 19.1 Å². The second-order valence-electron chi connectivity index (χ2n) is 4.92. The Hall–Kier alpha value is -1.52. The van der Waals surface area contributed by atoms with E-state index in [-0.39, 0.29) is 11.9 Å². The highest BCUT2D eigenvalue weighted by molar-refractivity contribution is 5.77. The molecule has 1 aliphatic heterocycles. The van der Waals surface area contributed by atoms with Gasteiger partial charge in [0.2, 0.25) is 0 Å². The van der Waals surface area contributed by atoms with Crippen LogP contribution >= 0.6 is 0 Å². The molecule has 1 aliphatic rings.